The van der Waals surface area contributed by atoms with Gasteiger partial charge in [-0.1, -0.05) is 54.6 Å². The number of anilines is 1. The Morgan fingerprint density at radius 1 is 0.719 bits per heavy atom. The number of hydrogen-bond acceptors (Lipinski definition) is 5. The van der Waals surface area contributed by atoms with Crippen molar-refractivity contribution in [3.63, 3.8) is 0 Å². The van der Waals surface area contributed by atoms with Crippen molar-refractivity contribution in [2.24, 2.45) is 0 Å². The van der Waals surface area contributed by atoms with Crippen molar-refractivity contribution in [1.82, 2.24) is 0 Å². The van der Waals surface area contributed by atoms with Gasteiger partial charge in [-0.3, -0.25) is 4.57 Å². The summed E-state index contributed by atoms with van der Waals surface area (Å²) in [5.41, 5.74) is 4.48. The summed E-state index contributed by atoms with van der Waals surface area (Å²) >= 11 is 0. The summed E-state index contributed by atoms with van der Waals surface area (Å²) in [6, 6.07) is 26.7. The average molecular weight is 454 g/mol. The van der Waals surface area contributed by atoms with Crippen LogP contribution in [0.15, 0.2) is 78.9 Å². The first-order valence-electron chi connectivity index (χ1n) is 10.9. The maximum atomic E-state index is 12.8. The summed E-state index contributed by atoms with van der Waals surface area (Å²) in [7, 11) is -1.43. The number of methoxy groups -OCH3 is 1. The van der Waals surface area contributed by atoms with Crippen molar-refractivity contribution in [1.29, 1.82) is 0 Å². The van der Waals surface area contributed by atoms with Crippen LogP contribution in [-0.4, -0.2) is 20.3 Å². The molecule has 0 fully saturated rings. The molecule has 0 amide bonds. The molecule has 0 heterocycles. The quantitative estimate of drug-likeness (QED) is 0.287. The fourth-order valence-electron chi connectivity index (χ4n) is 3.55. The largest absolute Gasteiger partial charge is 0.497 e. The maximum absolute atomic E-state index is 12.8. The molecule has 0 aromatic heterocycles. The van der Waals surface area contributed by atoms with Crippen LogP contribution >= 0.6 is 7.60 Å². The number of rotatable bonds is 12. The van der Waals surface area contributed by atoms with Crippen molar-refractivity contribution >= 4 is 13.3 Å². The average Bonchev–Trinajstić information content (AvgIpc) is 2.81. The lowest BCUT2D eigenvalue weighted by molar-refractivity contribution is 0.219. The van der Waals surface area contributed by atoms with Gasteiger partial charge in [-0.2, -0.15) is 0 Å². The highest BCUT2D eigenvalue weighted by atomic mass is 31.2. The second-order valence-electron chi connectivity index (χ2n) is 7.46. The number of hydrogen-bond donors (Lipinski definition) is 0. The van der Waals surface area contributed by atoms with E-state index >= 15 is 0 Å². The van der Waals surface area contributed by atoms with Gasteiger partial charge in [0.2, 0.25) is 0 Å². The molecule has 0 atom stereocenters. The zero-order valence-corrected chi connectivity index (χ0v) is 20.0. The molecule has 0 saturated heterocycles. The van der Waals surface area contributed by atoms with Gasteiger partial charge < -0.3 is 18.7 Å². The fraction of sp³-hybridized carbons (Fsp3) is 0.308. The minimum atomic E-state index is -3.11. The summed E-state index contributed by atoms with van der Waals surface area (Å²) < 4.78 is 29.0. The van der Waals surface area contributed by atoms with E-state index in [-0.39, 0.29) is 6.16 Å². The molecular weight excluding hydrogens is 421 g/mol. The second kappa shape index (κ2) is 11.9. The third-order valence-electron chi connectivity index (χ3n) is 5.08. The SMILES string of the molecule is CCOP(=O)(Cc1ccc(CN(Cc2ccccc2)c2ccc(OC)cc2)cc1)OCC. The standard InChI is InChI=1S/C26H32NO4P/c1-4-30-32(28,31-5-2)21-24-13-11-23(12-14-24)20-27(19-22-9-7-6-8-10-22)25-15-17-26(29-3)18-16-25/h6-18H,4-5,19-21H2,1-3H3. The lowest BCUT2D eigenvalue weighted by atomic mass is 10.1. The van der Waals surface area contributed by atoms with Crippen LogP contribution in [0.5, 0.6) is 5.75 Å². The van der Waals surface area contributed by atoms with Gasteiger partial charge in [0.15, 0.2) is 0 Å². The molecule has 5 nitrogen and oxygen atoms in total. The van der Waals surface area contributed by atoms with Crippen LogP contribution in [-0.2, 0) is 32.9 Å². The topological polar surface area (TPSA) is 48.0 Å². The van der Waals surface area contributed by atoms with Gasteiger partial charge in [0.25, 0.3) is 0 Å². The summed E-state index contributed by atoms with van der Waals surface area (Å²) in [5, 5.41) is 0. The molecule has 0 spiro atoms. The molecule has 0 N–H and O–H groups in total. The van der Waals surface area contributed by atoms with Gasteiger partial charge in [-0.25, -0.2) is 0 Å². The highest BCUT2D eigenvalue weighted by Crippen LogP contribution is 2.51. The molecule has 3 rings (SSSR count). The van der Waals surface area contributed by atoms with E-state index in [0.717, 1.165) is 30.1 Å². The Kier molecular flexibility index (Phi) is 8.92. The first-order valence-corrected chi connectivity index (χ1v) is 12.7. The highest BCUT2D eigenvalue weighted by Gasteiger charge is 2.24. The van der Waals surface area contributed by atoms with Crippen LogP contribution in [0.3, 0.4) is 0 Å². The van der Waals surface area contributed by atoms with Gasteiger partial charge in [-0.05, 0) is 54.8 Å². The normalized spacial score (nSPS) is 11.3. The molecule has 3 aromatic rings. The van der Waals surface area contributed by atoms with Gasteiger partial charge in [-0.15, -0.1) is 0 Å². The van der Waals surface area contributed by atoms with E-state index in [1.54, 1.807) is 7.11 Å². The van der Waals surface area contributed by atoms with Gasteiger partial charge in [0, 0.05) is 18.8 Å². The lowest BCUT2D eigenvalue weighted by Gasteiger charge is -2.26. The number of nitrogens with zero attached hydrogens (tertiary/aromatic N) is 1. The molecule has 0 bridgehead atoms. The van der Waals surface area contributed by atoms with Crippen molar-refractivity contribution < 1.29 is 18.3 Å². The van der Waals surface area contributed by atoms with Gasteiger partial charge >= 0.3 is 7.60 Å². The molecule has 0 aliphatic rings. The van der Waals surface area contributed by atoms with E-state index in [9.17, 15) is 4.57 Å². The molecule has 32 heavy (non-hydrogen) atoms. The molecule has 0 unspecified atom stereocenters. The number of benzene rings is 3. The van der Waals surface area contributed by atoms with Crippen LogP contribution in [0.25, 0.3) is 0 Å². The van der Waals surface area contributed by atoms with Crippen molar-refractivity contribution in [2.45, 2.75) is 33.1 Å². The third-order valence-corrected chi connectivity index (χ3v) is 7.13. The van der Waals surface area contributed by atoms with Crippen molar-refractivity contribution in [3.8, 4) is 5.75 Å². The van der Waals surface area contributed by atoms with E-state index < -0.39 is 7.60 Å². The van der Waals surface area contributed by atoms with Crippen LogP contribution in [0.2, 0.25) is 0 Å². The summed E-state index contributed by atoms with van der Waals surface area (Å²) in [5.74, 6) is 0.839. The van der Waals surface area contributed by atoms with E-state index in [0.29, 0.717) is 13.2 Å². The van der Waals surface area contributed by atoms with Gasteiger partial charge in [0.1, 0.15) is 5.75 Å². The molecule has 0 saturated carbocycles. The van der Waals surface area contributed by atoms with Crippen molar-refractivity contribution in [3.05, 3.63) is 95.6 Å². The summed E-state index contributed by atoms with van der Waals surface area (Å²) in [6.07, 6.45) is 0.279. The molecule has 3 aromatic carbocycles. The van der Waals surface area contributed by atoms with E-state index in [1.807, 2.05) is 44.2 Å². The molecule has 0 aliphatic heterocycles. The first-order chi connectivity index (χ1) is 15.5. The number of ether oxygens (including phenoxy) is 1. The Balaban J connectivity index is 1.77. The predicted octanol–water partition coefficient (Wildman–Crippen LogP) is 6.67. The second-order valence-corrected chi connectivity index (χ2v) is 9.52. The Hall–Kier alpha value is -2.59. The molecule has 6 heteroatoms. The monoisotopic (exact) mass is 453 g/mol. The Morgan fingerprint density at radius 2 is 1.25 bits per heavy atom. The molecular formula is C26H32NO4P. The van der Waals surface area contributed by atoms with E-state index in [2.05, 4.69) is 53.4 Å². The van der Waals surface area contributed by atoms with Crippen LogP contribution in [0.4, 0.5) is 5.69 Å². The van der Waals surface area contributed by atoms with Crippen LogP contribution in [0, 0.1) is 0 Å². The lowest BCUT2D eigenvalue weighted by Crippen LogP contribution is -2.22. The predicted molar refractivity (Wildman–Crippen MR) is 130 cm³/mol. The molecule has 0 aliphatic carbocycles. The van der Waals surface area contributed by atoms with E-state index in [1.165, 1.54) is 11.1 Å². The summed E-state index contributed by atoms with van der Waals surface area (Å²) in [4.78, 5) is 2.33. The van der Waals surface area contributed by atoms with Crippen molar-refractivity contribution in [2.75, 3.05) is 25.2 Å². The maximum Gasteiger partial charge on any atom is 0.335 e. The Labute approximate surface area is 191 Å². The first kappa shape index (κ1) is 24.1. The highest BCUT2D eigenvalue weighted by molar-refractivity contribution is 7.53. The van der Waals surface area contributed by atoms with Crippen LogP contribution in [0.1, 0.15) is 30.5 Å². The smallest absolute Gasteiger partial charge is 0.335 e. The minimum Gasteiger partial charge on any atom is -0.497 e. The third kappa shape index (κ3) is 6.96. The summed E-state index contributed by atoms with van der Waals surface area (Å²) in [6.45, 7) is 5.93. The minimum absolute atomic E-state index is 0.279. The zero-order chi connectivity index (χ0) is 22.8. The Morgan fingerprint density at radius 3 is 1.78 bits per heavy atom. The van der Waals surface area contributed by atoms with Crippen LogP contribution < -0.4 is 9.64 Å². The molecule has 0 radical (unpaired) electrons. The molecule has 170 valence electrons. The Bertz CT molecular complexity index is 981. The van der Waals surface area contributed by atoms with Gasteiger partial charge in [0.05, 0.1) is 26.5 Å². The zero-order valence-electron chi connectivity index (χ0n) is 19.1. The van der Waals surface area contributed by atoms with E-state index in [4.69, 9.17) is 13.8 Å². The fourth-order valence-corrected chi connectivity index (χ4v) is 5.25.